The van der Waals surface area contributed by atoms with Crippen molar-refractivity contribution >= 4 is 23.2 Å². The molecule has 1 N–H and O–H groups in total. The number of carbonyl (C=O) groups excluding carboxylic acids is 2. The zero-order valence-electron chi connectivity index (χ0n) is 13.4. The zero-order chi connectivity index (χ0) is 16.1. The molecule has 2 amide bonds. The van der Waals surface area contributed by atoms with Crippen molar-refractivity contribution in [3.63, 3.8) is 0 Å². The van der Waals surface area contributed by atoms with Gasteiger partial charge in [0.1, 0.15) is 10.9 Å². The van der Waals surface area contributed by atoms with E-state index in [0.29, 0.717) is 23.9 Å². The van der Waals surface area contributed by atoms with Crippen LogP contribution >= 0.6 is 11.3 Å². The van der Waals surface area contributed by atoms with E-state index in [0.717, 1.165) is 30.0 Å². The Bertz CT molecular complexity index is 655. The molecule has 0 aromatic carbocycles. The third-order valence-electron chi connectivity index (χ3n) is 4.88. The van der Waals surface area contributed by atoms with Crippen LogP contribution in [0.4, 0.5) is 0 Å². The quantitative estimate of drug-likeness (QED) is 0.907. The van der Waals surface area contributed by atoms with Crippen molar-refractivity contribution in [3.05, 3.63) is 15.6 Å². The molecule has 0 radical (unpaired) electrons. The highest BCUT2D eigenvalue weighted by Crippen LogP contribution is 2.36. The zero-order valence-corrected chi connectivity index (χ0v) is 14.2. The maximum absolute atomic E-state index is 13.1. The summed E-state index contributed by atoms with van der Waals surface area (Å²) >= 11 is 1.41. The molecule has 0 bridgehead atoms. The molecule has 1 aromatic heterocycles. The monoisotopic (exact) mass is 335 g/mol. The molecular formula is C16H21N3O3S. The number of nitrogens with one attached hydrogen (secondary N) is 1. The molecule has 3 fully saturated rings. The summed E-state index contributed by atoms with van der Waals surface area (Å²) in [5, 5.41) is 3.92. The number of likely N-dealkylation sites (tertiary alicyclic amines) is 1. The summed E-state index contributed by atoms with van der Waals surface area (Å²) in [5.74, 6) is -0.0974. The SMILES string of the molecule is Cc1nc(C)c(C(=O)N2[C@H](C(=O)NC3CC3)C[C@@H]3OCC[C@@H]32)s1. The van der Waals surface area contributed by atoms with Crippen LogP contribution < -0.4 is 5.32 Å². The van der Waals surface area contributed by atoms with E-state index in [-0.39, 0.29) is 24.0 Å². The van der Waals surface area contributed by atoms with Crippen molar-refractivity contribution in [2.45, 2.75) is 63.8 Å². The number of fused-ring (bicyclic) bond motifs is 1. The average molecular weight is 335 g/mol. The molecular weight excluding hydrogens is 314 g/mol. The van der Waals surface area contributed by atoms with E-state index >= 15 is 0 Å². The van der Waals surface area contributed by atoms with Crippen molar-refractivity contribution in [3.8, 4) is 0 Å². The Balaban J connectivity index is 1.62. The number of hydrogen-bond donors (Lipinski definition) is 1. The van der Waals surface area contributed by atoms with Gasteiger partial charge in [0.15, 0.2) is 0 Å². The van der Waals surface area contributed by atoms with Gasteiger partial charge in [-0.1, -0.05) is 0 Å². The summed E-state index contributed by atoms with van der Waals surface area (Å²) < 4.78 is 5.74. The van der Waals surface area contributed by atoms with Crippen LogP contribution in [0.2, 0.25) is 0 Å². The molecule has 1 aromatic rings. The summed E-state index contributed by atoms with van der Waals surface area (Å²) in [4.78, 5) is 32.5. The van der Waals surface area contributed by atoms with E-state index in [4.69, 9.17) is 4.74 Å². The number of aromatic nitrogens is 1. The van der Waals surface area contributed by atoms with Gasteiger partial charge in [-0.3, -0.25) is 9.59 Å². The first kappa shape index (κ1) is 15.1. The van der Waals surface area contributed by atoms with E-state index in [9.17, 15) is 9.59 Å². The number of aryl methyl sites for hydroxylation is 2. The second kappa shape index (κ2) is 5.56. The molecule has 2 saturated heterocycles. The Morgan fingerprint density at radius 3 is 2.74 bits per heavy atom. The molecule has 23 heavy (non-hydrogen) atoms. The molecule has 2 aliphatic heterocycles. The maximum Gasteiger partial charge on any atom is 0.266 e. The second-order valence-electron chi connectivity index (χ2n) is 6.66. The van der Waals surface area contributed by atoms with Crippen LogP contribution in [0.5, 0.6) is 0 Å². The van der Waals surface area contributed by atoms with Crippen LogP contribution in [0, 0.1) is 13.8 Å². The van der Waals surface area contributed by atoms with Gasteiger partial charge in [0, 0.05) is 19.1 Å². The van der Waals surface area contributed by atoms with E-state index < -0.39 is 6.04 Å². The minimum atomic E-state index is -0.416. The Hall–Kier alpha value is -1.47. The molecule has 0 spiro atoms. The van der Waals surface area contributed by atoms with Crippen molar-refractivity contribution in [1.82, 2.24) is 15.2 Å². The second-order valence-corrected chi connectivity index (χ2v) is 7.86. The van der Waals surface area contributed by atoms with Crippen molar-refractivity contribution in [2.24, 2.45) is 0 Å². The molecule has 3 aliphatic rings. The lowest BCUT2D eigenvalue weighted by molar-refractivity contribution is -0.125. The van der Waals surface area contributed by atoms with Gasteiger partial charge in [0.05, 0.1) is 22.8 Å². The predicted octanol–water partition coefficient (Wildman–Crippen LogP) is 1.41. The third kappa shape index (κ3) is 2.65. The Kier molecular flexibility index (Phi) is 3.65. The van der Waals surface area contributed by atoms with Gasteiger partial charge in [-0.05, 0) is 33.1 Å². The van der Waals surface area contributed by atoms with Gasteiger partial charge >= 0.3 is 0 Å². The van der Waals surface area contributed by atoms with Crippen LogP contribution in [0.3, 0.4) is 0 Å². The highest BCUT2D eigenvalue weighted by molar-refractivity contribution is 7.13. The normalized spacial score (nSPS) is 29.7. The minimum absolute atomic E-state index is 0.0109. The fourth-order valence-electron chi connectivity index (χ4n) is 3.64. The molecule has 4 rings (SSSR count). The minimum Gasteiger partial charge on any atom is -0.376 e. The summed E-state index contributed by atoms with van der Waals surface area (Å²) in [6.07, 6.45) is 3.49. The van der Waals surface area contributed by atoms with Gasteiger partial charge < -0.3 is 15.0 Å². The van der Waals surface area contributed by atoms with Crippen molar-refractivity contribution < 1.29 is 14.3 Å². The largest absolute Gasteiger partial charge is 0.376 e. The van der Waals surface area contributed by atoms with Gasteiger partial charge in [0.25, 0.3) is 5.91 Å². The van der Waals surface area contributed by atoms with E-state index in [1.165, 1.54) is 11.3 Å². The third-order valence-corrected chi connectivity index (χ3v) is 5.94. The first-order chi connectivity index (χ1) is 11.0. The lowest BCUT2D eigenvalue weighted by Crippen LogP contribution is -2.49. The molecule has 0 unspecified atom stereocenters. The number of rotatable bonds is 3. The maximum atomic E-state index is 13.1. The summed E-state index contributed by atoms with van der Waals surface area (Å²) in [6, 6.07) is -0.104. The van der Waals surface area contributed by atoms with Crippen LogP contribution in [0.25, 0.3) is 0 Å². The number of hydrogen-bond acceptors (Lipinski definition) is 5. The van der Waals surface area contributed by atoms with E-state index in [1.807, 2.05) is 13.8 Å². The highest BCUT2D eigenvalue weighted by Gasteiger charge is 2.50. The van der Waals surface area contributed by atoms with Crippen LogP contribution in [-0.4, -0.2) is 52.5 Å². The fraction of sp³-hybridized carbons (Fsp3) is 0.688. The Morgan fingerprint density at radius 2 is 2.09 bits per heavy atom. The first-order valence-corrected chi connectivity index (χ1v) is 9.05. The van der Waals surface area contributed by atoms with Gasteiger partial charge in [-0.25, -0.2) is 4.98 Å². The number of nitrogens with zero attached hydrogens (tertiary/aromatic N) is 2. The molecule has 7 heteroatoms. The Labute approximate surface area is 139 Å². The molecule has 6 nitrogen and oxygen atoms in total. The average Bonchev–Trinajstić information content (AvgIpc) is 2.93. The first-order valence-electron chi connectivity index (χ1n) is 8.23. The summed E-state index contributed by atoms with van der Waals surface area (Å²) in [7, 11) is 0. The van der Waals surface area contributed by atoms with Crippen LogP contribution in [0.15, 0.2) is 0 Å². The topological polar surface area (TPSA) is 71.5 Å². The Morgan fingerprint density at radius 1 is 1.30 bits per heavy atom. The standard InChI is InChI=1S/C16H21N3O3S/c1-8-14(23-9(2)17-8)16(21)19-11-5-6-22-13(11)7-12(19)15(20)18-10-3-4-10/h10-13H,3-7H2,1-2H3,(H,18,20)/t11-,12-,13-/m0/s1. The fourth-order valence-corrected chi connectivity index (χ4v) is 4.51. The van der Waals surface area contributed by atoms with Gasteiger partial charge in [-0.2, -0.15) is 0 Å². The van der Waals surface area contributed by atoms with Gasteiger partial charge in [-0.15, -0.1) is 11.3 Å². The predicted molar refractivity (Wildman–Crippen MR) is 85.5 cm³/mol. The van der Waals surface area contributed by atoms with Gasteiger partial charge in [0.2, 0.25) is 5.91 Å². The lowest BCUT2D eigenvalue weighted by Gasteiger charge is -2.28. The molecule has 124 valence electrons. The van der Waals surface area contributed by atoms with Crippen molar-refractivity contribution in [1.29, 1.82) is 0 Å². The van der Waals surface area contributed by atoms with E-state index in [1.54, 1.807) is 4.90 Å². The molecule has 1 aliphatic carbocycles. The van der Waals surface area contributed by atoms with Crippen LogP contribution in [0.1, 0.15) is 46.1 Å². The number of ether oxygens (including phenoxy) is 1. The summed E-state index contributed by atoms with van der Waals surface area (Å²) in [5.41, 5.74) is 0.751. The van der Waals surface area contributed by atoms with Crippen LogP contribution in [-0.2, 0) is 9.53 Å². The number of thiazole rings is 1. The number of amides is 2. The lowest BCUT2D eigenvalue weighted by atomic mass is 10.1. The molecule has 3 atom stereocenters. The van der Waals surface area contributed by atoms with Crippen molar-refractivity contribution in [2.75, 3.05) is 6.61 Å². The summed E-state index contributed by atoms with van der Waals surface area (Å²) in [6.45, 7) is 4.42. The number of carbonyl (C=O) groups is 2. The molecule has 1 saturated carbocycles. The highest BCUT2D eigenvalue weighted by atomic mass is 32.1. The van der Waals surface area contributed by atoms with E-state index in [2.05, 4.69) is 10.3 Å². The molecule has 3 heterocycles. The smallest absolute Gasteiger partial charge is 0.266 e.